The van der Waals surface area contributed by atoms with E-state index in [0.717, 1.165) is 18.5 Å². The van der Waals surface area contributed by atoms with E-state index in [1.54, 1.807) is 31.5 Å². The number of sulfonamides is 1. The van der Waals surface area contributed by atoms with Gasteiger partial charge in [0.25, 0.3) is 0 Å². The smallest absolute Gasteiger partial charge is 0.243 e. The normalized spacial score (nSPS) is 19.7. The van der Waals surface area contributed by atoms with Gasteiger partial charge in [-0.05, 0) is 24.6 Å². The van der Waals surface area contributed by atoms with Crippen molar-refractivity contribution in [3.8, 4) is 5.75 Å². The number of aliphatic hydroxyl groups excluding tert-OH is 1. The third kappa shape index (κ3) is 4.78. The first-order valence-electron chi connectivity index (χ1n) is 11.5. The molecule has 1 aromatic carbocycles. The lowest BCUT2D eigenvalue weighted by atomic mass is 10.1. The number of piperazine rings is 1. The number of thiocarbonyl (C=S) groups is 1. The molecular weight excluding hydrogens is 476 g/mol. The van der Waals surface area contributed by atoms with Crippen LogP contribution in [-0.4, -0.2) is 90.9 Å². The number of aliphatic hydroxyl groups is 1. The predicted octanol–water partition coefficient (Wildman–Crippen LogP) is 1.32. The number of anilines is 1. The number of aromatic amines is 1. The van der Waals surface area contributed by atoms with Gasteiger partial charge in [0.1, 0.15) is 11.4 Å². The molecule has 4 rings (SSSR count). The van der Waals surface area contributed by atoms with E-state index in [1.165, 1.54) is 4.31 Å². The molecule has 1 radical (unpaired) electrons. The fourth-order valence-corrected chi connectivity index (χ4v) is 6.11. The number of aromatic nitrogens is 2. The lowest BCUT2D eigenvalue weighted by Gasteiger charge is -2.37. The summed E-state index contributed by atoms with van der Waals surface area (Å²) in [6.45, 7) is 5.37. The topological polar surface area (TPSA) is 116 Å². The van der Waals surface area contributed by atoms with Crippen LogP contribution in [0.5, 0.6) is 5.75 Å². The summed E-state index contributed by atoms with van der Waals surface area (Å²) in [4.78, 5) is 4.76. The van der Waals surface area contributed by atoms with Crippen LogP contribution in [0.2, 0.25) is 0 Å². The summed E-state index contributed by atoms with van der Waals surface area (Å²) in [6.07, 6.45) is 3.14. The summed E-state index contributed by atoms with van der Waals surface area (Å²) >= 11 is 5.52. The van der Waals surface area contributed by atoms with Gasteiger partial charge in [0.2, 0.25) is 10.0 Å². The van der Waals surface area contributed by atoms with Crippen molar-refractivity contribution in [3.63, 3.8) is 0 Å². The monoisotopic (exact) mass is 507 g/mol. The fourth-order valence-electron chi connectivity index (χ4n) is 4.40. The van der Waals surface area contributed by atoms with Crippen molar-refractivity contribution in [2.45, 2.75) is 30.8 Å². The molecule has 1 saturated heterocycles. The average Bonchev–Trinajstić information content (AvgIpc) is 3.34. The van der Waals surface area contributed by atoms with Gasteiger partial charge in [0.05, 0.1) is 30.5 Å². The Kier molecular flexibility index (Phi) is 7.73. The van der Waals surface area contributed by atoms with Crippen LogP contribution in [0.25, 0.3) is 0 Å². The van der Waals surface area contributed by atoms with E-state index in [9.17, 15) is 8.42 Å². The van der Waals surface area contributed by atoms with E-state index in [2.05, 4.69) is 26.9 Å². The highest BCUT2D eigenvalue weighted by atomic mass is 32.2. The van der Waals surface area contributed by atoms with Gasteiger partial charge in [-0.2, -0.15) is 9.40 Å². The Morgan fingerprint density at radius 3 is 2.68 bits per heavy atom. The van der Waals surface area contributed by atoms with Crippen molar-refractivity contribution in [1.29, 1.82) is 0 Å². The first-order chi connectivity index (χ1) is 16.4. The maximum atomic E-state index is 13.5. The molecule has 2 aromatic rings. The lowest BCUT2D eigenvalue weighted by Crippen LogP contribution is -2.49. The molecule has 1 atom stereocenters. The quantitative estimate of drug-likeness (QED) is 0.488. The number of β-amino-alcohol motifs (C(OH)–C–C–N with tert-alkyl or cyclic N) is 1. The largest absolute Gasteiger partial charge is 0.496 e. The third-order valence-corrected chi connectivity index (χ3v) is 8.50. The highest BCUT2D eigenvalue weighted by Gasteiger charge is 2.36. The number of rotatable bonds is 9. The molecule has 1 aromatic heterocycles. The zero-order valence-corrected chi connectivity index (χ0v) is 21.1. The van der Waals surface area contributed by atoms with E-state index in [-0.39, 0.29) is 11.5 Å². The van der Waals surface area contributed by atoms with Gasteiger partial charge >= 0.3 is 0 Å². The minimum absolute atomic E-state index is 0.0637. The lowest BCUT2D eigenvalue weighted by molar-refractivity contribution is 0.151. The minimum atomic E-state index is -3.71. The molecule has 2 aliphatic heterocycles. The second-order valence-electron chi connectivity index (χ2n) is 8.36. The highest BCUT2D eigenvalue weighted by Crippen LogP contribution is 2.38. The molecule has 34 heavy (non-hydrogen) atoms. The van der Waals surface area contributed by atoms with Gasteiger partial charge in [0, 0.05) is 44.8 Å². The Bertz CT molecular complexity index is 1110. The molecule has 2 N–H and O–H groups in total. The molecule has 1 fully saturated rings. The van der Waals surface area contributed by atoms with Gasteiger partial charge < -0.3 is 14.7 Å². The number of unbranched alkanes of at least 4 members (excludes halogenated alkanes) is 1. The number of methoxy groups -OCH3 is 1. The van der Waals surface area contributed by atoms with Crippen LogP contribution in [0.1, 0.15) is 37.2 Å². The zero-order chi connectivity index (χ0) is 24.3. The first-order valence-corrected chi connectivity index (χ1v) is 13.3. The van der Waals surface area contributed by atoms with Gasteiger partial charge in [-0.25, -0.2) is 13.7 Å². The highest BCUT2D eigenvalue weighted by molar-refractivity contribution is 7.89. The van der Waals surface area contributed by atoms with E-state index >= 15 is 0 Å². The number of fused-ring (bicyclic) bond motifs is 1. The summed E-state index contributed by atoms with van der Waals surface area (Å²) in [5.74, 6) is 0.553. The van der Waals surface area contributed by atoms with Crippen molar-refractivity contribution in [2.75, 3.05) is 57.9 Å². The maximum absolute atomic E-state index is 13.5. The molecule has 0 spiro atoms. The molecule has 0 aliphatic carbocycles. The van der Waals surface area contributed by atoms with Crippen LogP contribution in [0, 0.1) is 0 Å². The van der Waals surface area contributed by atoms with E-state index in [4.69, 9.17) is 27.4 Å². The van der Waals surface area contributed by atoms with Crippen molar-refractivity contribution < 1.29 is 18.3 Å². The number of H-pyrrole nitrogens is 1. The van der Waals surface area contributed by atoms with E-state index in [1.807, 2.05) is 0 Å². The van der Waals surface area contributed by atoms with Crippen molar-refractivity contribution >= 4 is 32.9 Å². The molecule has 1 unspecified atom stereocenters. The Labute approximate surface area is 205 Å². The number of hydrogen-bond acceptors (Lipinski definition) is 8. The Balaban J connectivity index is 1.68. The van der Waals surface area contributed by atoms with Crippen LogP contribution in [0.4, 0.5) is 5.69 Å². The molecule has 0 amide bonds. The molecular formula is C22H31N6O4S2. The standard InChI is InChI=1S/C22H31N6O4S2/c1-3-4-7-28-18-15-23-25-20(18)22(33)24-21(28)17-14-16(5-6-19(17)32-2)34(30,31)27-10-8-26(9-11-27)12-13-29/h5-6,14-15,21,29H,3-4,7-13H2,1-2H3,(H,23,25). The summed E-state index contributed by atoms with van der Waals surface area (Å²) in [6, 6.07) is 4.93. The molecule has 10 nitrogen and oxygen atoms in total. The number of hydrogen-bond donors (Lipinski definition) is 2. The van der Waals surface area contributed by atoms with Gasteiger partial charge in [0.15, 0.2) is 11.2 Å². The van der Waals surface area contributed by atoms with Crippen molar-refractivity contribution in [2.24, 2.45) is 0 Å². The van der Waals surface area contributed by atoms with Crippen molar-refractivity contribution in [3.05, 3.63) is 35.7 Å². The van der Waals surface area contributed by atoms with Crippen LogP contribution < -0.4 is 15.0 Å². The summed E-state index contributed by atoms with van der Waals surface area (Å²) < 4.78 is 34.1. The molecule has 2 aliphatic rings. The summed E-state index contributed by atoms with van der Waals surface area (Å²) in [7, 11) is -2.14. The Morgan fingerprint density at radius 2 is 2.00 bits per heavy atom. The maximum Gasteiger partial charge on any atom is 0.243 e. The predicted molar refractivity (Wildman–Crippen MR) is 133 cm³/mol. The van der Waals surface area contributed by atoms with Gasteiger partial charge in [-0.1, -0.05) is 25.6 Å². The van der Waals surface area contributed by atoms with Crippen LogP contribution >= 0.6 is 12.2 Å². The Hall–Kier alpha value is -2.25. The first kappa shape index (κ1) is 24.9. The van der Waals surface area contributed by atoms with Crippen LogP contribution in [0.3, 0.4) is 0 Å². The van der Waals surface area contributed by atoms with E-state index in [0.29, 0.717) is 61.3 Å². The van der Waals surface area contributed by atoms with Crippen molar-refractivity contribution in [1.82, 2.24) is 24.7 Å². The average molecular weight is 508 g/mol. The summed E-state index contributed by atoms with van der Waals surface area (Å²) in [5.41, 5.74) is 2.20. The number of nitrogens with one attached hydrogen (secondary N) is 1. The molecule has 3 heterocycles. The zero-order valence-electron chi connectivity index (χ0n) is 19.5. The molecule has 0 saturated carbocycles. The van der Waals surface area contributed by atoms with Crippen LogP contribution in [-0.2, 0) is 10.0 Å². The molecule has 12 heteroatoms. The number of ether oxygens (including phenoxy) is 1. The fraction of sp³-hybridized carbons (Fsp3) is 0.545. The third-order valence-electron chi connectivity index (χ3n) is 6.29. The van der Waals surface area contributed by atoms with Crippen LogP contribution in [0.15, 0.2) is 29.3 Å². The number of nitrogens with zero attached hydrogens (tertiary/aromatic N) is 5. The second kappa shape index (κ2) is 10.6. The SMILES string of the molecule is CCCCN1c2cn[nH]c2C(=S)[N]C1c1cc(S(=O)(=O)N2CCN(CCO)CC2)ccc1OC. The van der Waals surface area contributed by atoms with E-state index < -0.39 is 16.2 Å². The molecule has 185 valence electrons. The number of benzene rings is 1. The Morgan fingerprint density at radius 1 is 1.24 bits per heavy atom. The van der Waals surface area contributed by atoms with Gasteiger partial charge in [-0.15, -0.1) is 0 Å². The molecule has 0 bridgehead atoms. The second-order valence-corrected chi connectivity index (χ2v) is 10.7. The minimum Gasteiger partial charge on any atom is -0.496 e. The van der Waals surface area contributed by atoms with Gasteiger partial charge in [-0.3, -0.25) is 10.00 Å². The summed E-state index contributed by atoms with van der Waals surface area (Å²) in [5, 5.41) is 21.0.